The molecule has 2 aliphatic heterocycles. The summed E-state index contributed by atoms with van der Waals surface area (Å²) in [5.41, 5.74) is 4.79. The minimum absolute atomic E-state index is 0.0203. The molecule has 0 aromatic heterocycles. The van der Waals surface area contributed by atoms with Gasteiger partial charge in [-0.05, 0) is 25.7 Å². The first-order chi connectivity index (χ1) is 8.92. The third-order valence-corrected chi connectivity index (χ3v) is 4.49. The van der Waals surface area contributed by atoms with Gasteiger partial charge < -0.3 is 16.0 Å². The zero-order valence-electron chi connectivity index (χ0n) is 10.7. The first kappa shape index (κ1) is 12.4. The first-order valence-electron chi connectivity index (χ1n) is 6.63. The Morgan fingerprint density at radius 3 is 2.58 bits per heavy atom. The third-order valence-electron chi connectivity index (χ3n) is 4.49. The molecule has 19 heavy (non-hydrogen) atoms. The second-order valence-electron chi connectivity index (χ2n) is 5.95. The molecular formula is C12H18N4O3. The molecule has 1 spiro atoms. The SMILES string of the molecule is NC1(CC(=O)N2CCC3(C2)NC(=O)NC3=O)CCC1. The monoisotopic (exact) mass is 266 g/mol. The number of hydrogen-bond acceptors (Lipinski definition) is 4. The number of rotatable bonds is 2. The Morgan fingerprint density at radius 2 is 2.05 bits per heavy atom. The Kier molecular flexibility index (Phi) is 2.57. The second-order valence-corrected chi connectivity index (χ2v) is 5.95. The lowest BCUT2D eigenvalue weighted by Gasteiger charge is -2.38. The quantitative estimate of drug-likeness (QED) is 0.561. The lowest BCUT2D eigenvalue weighted by atomic mass is 9.75. The molecule has 1 unspecified atom stereocenters. The zero-order chi connectivity index (χ0) is 13.7. The number of carbonyl (C=O) groups excluding carboxylic acids is 3. The van der Waals surface area contributed by atoms with Crippen LogP contribution < -0.4 is 16.4 Å². The second kappa shape index (κ2) is 3.93. The van der Waals surface area contributed by atoms with Crippen LogP contribution in [0.4, 0.5) is 4.79 Å². The van der Waals surface area contributed by atoms with Gasteiger partial charge in [-0.1, -0.05) is 0 Å². The topological polar surface area (TPSA) is 105 Å². The third kappa shape index (κ3) is 1.98. The van der Waals surface area contributed by atoms with Crippen LogP contribution >= 0.6 is 0 Å². The predicted octanol–water partition coefficient (Wildman–Crippen LogP) is -0.932. The van der Waals surface area contributed by atoms with Crippen LogP contribution in [0.3, 0.4) is 0 Å². The Hall–Kier alpha value is -1.63. The minimum Gasteiger partial charge on any atom is -0.340 e. The molecule has 2 saturated heterocycles. The molecule has 0 bridgehead atoms. The number of imide groups is 1. The summed E-state index contributed by atoms with van der Waals surface area (Å²) >= 11 is 0. The van der Waals surface area contributed by atoms with Crippen molar-refractivity contribution in [1.29, 1.82) is 0 Å². The summed E-state index contributed by atoms with van der Waals surface area (Å²) in [5, 5.41) is 4.86. The summed E-state index contributed by atoms with van der Waals surface area (Å²) in [7, 11) is 0. The number of nitrogens with one attached hydrogen (secondary N) is 2. The normalized spacial score (nSPS) is 32.2. The summed E-state index contributed by atoms with van der Waals surface area (Å²) in [5.74, 6) is -0.355. The molecule has 0 aromatic carbocycles. The average molecular weight is 266 g/mol. The largest absolute Gasteiger partial charge is 0.340 e. The predicted molar refractivity (Wildman–Crippen MR) is 66.0 cm³/mol. The number of amides is 4. The average Bonchev–Trinajstić information content (AvgIpc) is 2.83. The molecule has 3 aliphatic rings. The highest BCUT2D eigenvalue weighted by Gasteiger charge is 2.52. The highest BCUT2D eigenvalue weighted by Crippen LogP contribution is 2.34. The van der Waals surface area contributed by atoms with Crippen molar-refractivity contribution in [3.63, 3.8) is 0 Å². The standard InChI is InChI=1S/C12H18N4O3/c13-11(2-1-3-11)6-8(17)16-5-4-12(7-16)9(18)14-10(19)15-12/h1-7,13H2,(H2,14,15,18,19). The van der Waals surface area contributed by atoms with Crippen LogP contribution in [0, 0.1) is 0 Å². The van der Waals surface area contributed by atoms with Gasteiger partial charge in [0.2, 0.25) is 5.91 Å². The van der Waals surface area contributed by atoms with Crippen molar-refractivity contribution in [3.8, 4) is 0 Å². The summed E-state index contributed by atoms with van der Waals surface area (Å²) in [4.78, 5) is 36.8. The van der Waals surface area contributed by atoms with Gasteiger partial charge in [-0.15, -0.1) is 0 Å². The van der Waals surface area contributed by atoms with Crippen molar-refractivity contribution in [3.05, 3.63) is 0 Å². The van der Waals surface area contributed by atoms with Gasteiger partial charge in [0.1, 0.15) is 5.54 Å². The number of likely N-dealkylation sites (tertiary alicyclic amines) is 1. The van der Waals surface area contributed by atoms with Crippen LogP contribution in [-0.4, -0.2) is 46.9 Å². The van der Waals surface area contributed by atoms with E-state index in [-0.39, 0.29) is 23.9 Å². The maximum Gasteiger partial charge on any atom is 0.322 e. The van der Waals surface area contributed by atoms with Crippen LogP contribution in [0.5, 0.6) is 0 Å². The molecule has 1 aliphatic carbocycles. The van der Waals surface area contributed by atoms with Crippen molar-refractivity contribution in [2.24, 2.45) is 5.73 Å². The van der Waals surface area contributed by atoms with Crippen molar-refractivity contribution >= 4 is 17.8 Å². The molecule has 1 atom stereocenters. The van der Waals surface area contributed by atoms with Crippen LogP contribution in [0.25, 0.3) is 0 Å². The van der Waals surface area contributed by atoms with Gasteiger partial charge in [-0.3, -0.25) is 14.9 Å². The molecule has 4 N–H and O–H groups in total. The minimum atomic E-state index is -0.923. The highest BCUT2D eigenvalue weighted by molar-refractivity contribution is 6.07. The van der Waals surface area contributed by atoms with E-state index >= 15 is 0 Å². The lowest BCUT2D eigenvalue weighted by Crippen LogP contribution is -2.52. The van der Waals surface area contributed by atoms with Crippen molar-refractivity contribution < 1.29 is 14.4 Å². The van der Waals surface area contributed by atoms with E-state index in [1.165, 1.54) is 0 Å². The number of urea groups is 1. The van der Waals surface area contributed by atoms with Crippen molar-refractivity contribution in [2.75, 3.05) is 13.1 Å². The fourth-order valence-corrected chi connectivity index (χ4v) is 3.06. The maximum absolute atomic E-state index is 12.2. The van der Waals surface area contributed by atoms with Gasteiger partial charge >= 0.3 is 6.03 Å². The van der Waals surface area contributed by atoms with Crippen molar-refractivity contribution in [2.45, 2.75) is 43.2 Å². The van der Waals surface area contributed by atoms with Crippen molar-refractivity contribution in [1.82, 2.24) is 15.5 Å². The van der Waals surface area contributed by atoms with Gasteiger partial charge in [0.25, 0.3) is 5.91 Å². The van der Waals surface area contributed by atoms with E-state index in [2.05, 4.69) is 10.6 Å². The molecule has 2 heterocycles. The first-order valence-corrected chi connectivity index (χ1v) is 6.63. The maximum atomic E-state index is 12.2. The summed E-state index contributed by atoms with van der Waals surface area (Å²) in [6.45, 7) is 0.738. The van der Waals surface area contributed by atoms with Gasteiger partial charge in [-0.25, -0.2) is 4.79 Å². The number of hydrogen-bond donors (Lipinski definition) is 3. The lowest BCUT2D eigenvalue weighted by molar-refractivity contribution is -0.132. The van der Waals surface area contributed by atoms with Gasteiger partial charge in [-0.2, -0.15) is 0 Å². The Labute approximate surface area is 110 Å². The summed E-state index contributed by atoms with van der Waals surface area (Å²) < 4.78 is 0. The van der Waals surface area contributed by atoms with E-state index in [0.717, 1.165) is 19.3 Å². The number of carbonyl (C=O) groups is 3. The fourth-order valence-electron chi connectivity index (χ4n) is 3.06. The smallest absolute Gasteiger partial charge is 0.322 e. The van der Waals surface area contributed by atoms with Crippen LogP contribution in [0.1, 0.15) is 32.1 Å². The molecule has 0 radical (unpaired) electrons. The molecular weight excluding hydrogens is 248 g/mol. The zero-order valence-corrected chi connectivity index (χ0v) is 10.7. The summed E-state index contributed by atoms with van der Waals surface area (Å²) in [6, 6.07) is -0.478. The fraction of sp³-hybridized carbons (Fsp3) is 0.750. The van der Waals surface area contributed by atoms with E-state index in [1.807, 2.05) is 0 Å². The molecule has 3 fully saturated rings. The molecule has 104 valence electrons. The van der Waals surface area contributed by atoms with E-state index < -0.39 is 11.6 Å². The number of nitrogens with two attached hydrogens (primary N) is 1. The van der Waals surface area contributed by atoms with E-state index in [1.54, 1.807) is 4.90 Å². The Morgan fingerprint density at radius 1 is 1.32 bits per heavy atom. The van der Waals surface area contributed by atoms with Gasteiger partial charge in [0.05, 0.1) is 6.54 Å². The molecule has 7 heteroatoms. The summed E-state index contributed by atoms with van der Waals surface area (Å²) in [6.07, 6.45) is 3.64. The van der Waals surface area contributed by atoms with Crippen LogP contribution in [-0.2, 0) is 9.59 Å². The Balaban J connectivity index is 1.64. The van der Waals surface area contributed by atoms with Gasteiger partial charge in [0, 0.05) is 18.5 Å². The molecule has 4 amide bonds. The van der Waals surface area contributed by atoms with Gasteiger partial charge in [0.15, 0.2) is 0 Å². The number of nitrogens with zero attached hydrogens (tertiary/aromatic N) is 1. The Bertz CT molecular complexity index is 460. The highest BCUT2D eigenvalue weighted by atomic mass is 16.2. The van der Waals surface area contributed by atoms with Crippen LogP contribution in [0.15, 0.2) is 0 Å². The molecule has 7 nitrogen and oxygen atoms in total. The molecule has 1 saturated carbocycles. The van der Waals surface area contributed by atoms with E-state index in [9.17, 15) is 14.4 Å². The molecule has 3 rings (SSSR count). The van der Waals surface area contributed by atoms with Crippen LogP contribution in [0.2, 0.25) is 0 Å². The van der Waals surface area contributed by atoms with E-state index in [4.69, 9.17) is 5.73 Å². The molecule has 0 aromatic rings. The van der Waals surface area contributed by atoms with E-state index in [0.29, 0.717) is 19.4 Å².